The zero-order valence-electron chi connectivity index (χ0n) is 13.6. The first-order valence-electron chi connectivity index (χ1n) is 7.99. The van der Waals surface area contributed by atoms with E-state index in [9.17, 15) is 4.79 Å². The van der Waals surface area contributed by atoms with E-state index in [4.69, 9.17) is 4.74 Å². The number of rotatable bonds is 3. The lowest BCUT2D eigenvalue weighted by Gasteiger charge is -2.31. The molecule has 1 atom stereocenters. The van der Waals surface area contributed by atoms with Gasteiger partial charge >= 0.3 is 0 Å². The SMILES string of the molecule is C[C@H]1CN(C(=O)CNc2cccc(C#Cc3cccs3)c2)CCO1. The average Bonchev–Trinajstić information content (AvgIpc) is 3.12. The van der Waals surface area contributed by atoms with Crippen molar-refractivity contribution in [1.82, 2.24) is 4.90 Å². The molecule has 2 aromatic rings. The summed E-state index contributed by atoms with van der Waals surface area (Å²) in [5.74, 6) is 6.39. The van der Waals surface area contributed by atoms with Gasteiger partial charge in [0.1, 0.15) is 0 Å². The molecular weight excluding hydrogens is 320 g/mol. The van der Waals surface area contributed by atoms with Gasteiger partial charge in [0.2, 0.25) is 5.91 Å². The molecule has 0 bridgehead atoms. The van der Waals surface area contributed by atoms with Gasteiger partial charge in [0.25, 0.3) is 0 Å². The molecule has 3 rings (SSSR count). The number of carbonyl (C=O) groups is 1. The molecule has 0 radical (unpaired) electrons. The molecule has 1 saturated heterocycles. The zero-order chi connectivity index (χ0) is 16.8. The molecule has 0 unspecified atom stereocenters. The number of nitrogens with one attached hydrogen (secondary N) is 1. The van der Waals surface area contributed by atoms with Crippen molar-refractivity contribution in [2.45, 2.75) is 13.0 Å². The van der Waals surface area contributed by atoms with Crippen LogP contribution in [0.3, 0.4) is 0 Å². The molecule has 1 aromatic heterocycles. The number of hydrogen-bond donors (Lipinski definition) is 1. The second-order valence-corrected chi connectivity index (χ2v) is 6.63. The predicted octanol–water partition coefficient (Wildman–Crippen LogP) is 2.81. The maximum Gasteiger partial charge on any atom is 0.242 e. The van der Waals surface area contributed by atoms with Crippen molar-refractivity contribution >= 4 is 22.9 Å². The molecule has 24 heavy (non-hydrogen) atoms. The van der Waals surface area contributed by atoms with E-state index in [0.717, 1.165) is 16.1 Å². The van der Waals surface area contributed by atoms with Crippen LogP contribution in [0.5, 0.6) is 0 Å². The summed E-state index contributed by atoms with van der Waals surface area (Å²) in [4.78, 5) is 15.2. The number of carbonyl (C=O) groups excluding carboxylic acids is 1. The van der Waals surface area contributed by atoms with Gasteiger partial charge in [0.05, 0.1) is 24.1 Å². The van der Waals surface area contributed by atoms with Gasteiger partial charge in [-0.3, -0.25) is 4.79 Å². The first-order valence-corrected chi connectivity index (χ1v) is 8.87. The number of ether oxygens (including phenoxy) is 1. The van der Waals surface area contributed by atoms with Gasteiger partial charge in [-0.1, -0.05) is 24.0 Å². The van der Waals surface area contributed by atoms with E-state index in [1.165, 1.54) is 0 Å². The first-order chi connectivity index (χ1) is 11.7. The van der Waals surface area contributed by atoms with Crippen LogP contribution in [0.15, 0.2) is 41.8 Å². The summed E-state index contributed by atoms with van der Waals surface area (Å²) in [6, 6.07) is 11.8. The lowest BCUT2D eigenvalue weighted by atomic mass is 10.2. The molecule has 4 nitrogen and oxygen atoms in total. The highest BCUT2D eigenvalue weighted by Gasteiger charge is 2.20. The van der Waals surface area contributed by atoms with E-state index in [1.54, 1.807) is 11.3 Å². The Morgan fingerprint density at radius 1 is 1.38 bits per heavy atom. The molecule has 124 valence electrons. The molecule has 1 N–H and O–H groups in total. The largest absolute Gasteiger partial charge is 0.376 e. The van der Waals surface area contributed by atoms with Gasteiger partial charge in [-0.15, -0.1) is 11.3 Å². The highest BCUT2D eigenvalue weighted by Crippen LogP contribution is 2.12. The molecule has 1 aromatic carbocycles. The molecule has 5 heteroatoms. The van der Waals surface area contributed by atoms with Crippen LogP contribution < -0.4 is 5.32 Å². The second kappa shape index (κ2) is 8.00. The van der Waals surface area contributed by atoms with Crippen LogP contribution in [-0.2, 0) is 9.53 Å². The number of anilines is 1. The summed E-state index contributed by atoms with van der Waals surface area (Å²) >= 11 is 1.63. The Labute approximate surface area is 146 Å². The Bertz CT molecular complexity index is 746. The van der Waals surface area contributed by atoms with E-state index in [2.05, 4.69) is 17.2 Å². The first kappa shape index (κ1) is 16.6. The fourth-order valence-corrected chi connectivity index (χ4v) is 3.10. The monoisotopic (exact) mass is 340 g/mol. The van der Waals surface area contributed by atoms with Crippen LogP contribution in [0, 0.1) is 11.8 Å². The molecule has 2 heterocycles. The normalized spacial score (nSPS) is 17.0. The van der Waals surface area contributed by atoms with Crippen LogP contribution in [0.2, 0.25) is 0 Å². The van der Waals surface area contributed by atoms with Crippen LogP contribution in [0.25, 0.3) is 0 Å². The summed E-state index contributed by atoms with van der Waals surface area (Å²) in [5.41, 5.74) is 1.84. The number of morpholine rings is 1. The zero-order valence-corrected chi connectivity index (χ0v) is 14.4. The van der Waals surface area contributed by atoms with E-state index < -0.39 is 0 Å². The van der Waals surface area contributed by atoms with Crippen molar-refractivity contribution in [1.29, 1.82) is 0 Å². The third-order valence-corrected chi connectivity index (χ3v) is 4.54. The molecule has 1 aliphatic heterocycles. The smallest absolute Gasteiger partial charge is 0.242 e. The van der Waals surface area contributed by atoms with E-state index >= 15 is 0 Å². The third kappa shape index (κ3) is 4.60. The number of hydrogen-bond acceptors (Lipinski definition) is 4. The Hall–Kier alpha value is -2.29. The van der Waals surface area contributed by atoms with Gasteiger partial charge in [-0.2, -0.15) is 0 Å². The standard InChI is InChI=1S/C19H20N2O2S/c1-15-14-21(9-10-23-15)19(22)13-20-17-5-2-4-16(12-17)7-8-18-6-3-11-24-18/h2-6,11-12,15,20H,9-10,13-14H2,1H3/t15-/m0/s1. The fraction of sp³-hybridized carbons (Fsp3) is 0.316. The van der Waals surface area contributed by atoms with Crippen LogP contribution in [0.4, 0.5) is 5.69 Å². The number of amides is 1. The third-order valence-electron chi connectivity index (χ3n) is 3.75. The Morgan fingerprint density at radius 3 is 3.08 bits per heavy atom. The summed E-state index contributed by atoms with van der Waals surface area (Å²) in [7, 11) is 0. The summed E-state index contributed by atoms with van der Waals surface area (Å²) in [6.07, 6.45) is 0.110. The van der Waals surface area contributed by atoms with Crippen molar-refractivity contribution in [3.05, 3.63) is 52.2 Å². The molecule has 1 aliphatic rings. The Kier molecular flexibility index (Phi) is 5.52. The number of nitrogens with zero attached hydrogens (tertiary/aromatic N) is 1. The molecule has 0 saturated carbocycles. The maximum absolute atomic E-state index is 12.3. The van der Waals surface area contributed by atoms with Crippen LogP contribution in [-0.4, -0.2) is 43.2 Å². The predicted molar refractivity (Wildman–Crippen MR) is 97.2 cm³/mol. The van der Waals surface area contributed by atoms with Gasteiger partial charge in [0, 0.05) is 24.3 Å². The minimum Gasteiger partial charge on any atom is -0.376 e. The molecule has 0 aliphatic carbocycles. The summed E-state index contributed by atoms with van der Waals surface area (Å²) in [5, 5.41) is 5.21. The highest BCUT2D eigenvalue weighted by atomic mass is 32.1. The summed E-state index contributed by atoms with van der Waals surface area (Å²) in [6.45, 7) is 4.21. The van der Waals surface area contributed by atoms with E-state index in [-0.39, 0.29) is 18.6 Å². The maximum atomic E-state index is 12.3. The quantitative estimate of drug-likeness (QED) is 0.874. The molecule has 0 spiro atoms. The van der Waals surface area contributed by atoms with Crippen molar-refractivity contribution in [3.63, 3.8) is 0 Å². The lowest BCUT2D eigenvalue weighted by Crippen LogP contribution is -2.46. The van der Waals surface area contributed by atoms with Crippen molar-refractivity contribution in [3.8, 4) is 11.8 Å². The summed E-state index contributed by atoms with van der Waals surface area (Å²) < 4.78 is 5.47. The van der Waals surface area contributed by atoms with Gasteiger partial charge in [-0.25, -0.2) is 0 Å². The van der Waals surface area contributed by atoms with Gasteiger partial charge in [0.15, 0.2) is 0 Å². The number of benzene rings is 1. The van der Waals surface area contributed by atoms with Crippen molar-refractivity contribution in [2.24, 2.45) is 0 Å². The van der Waals surface area contributed by atoms with Gasteiger partial charge < -0.3 is 15.0 Å². The molecule has 1 amide bonds. The average molecular weight is 340 g/mol. The van der Waals surface area contributed by atoms with Crippen LogP contribution in [0.1, 0.15) is 17.4 Å². The fourth-order valence-electron chi connectivity index (χ4n) is 2.52. The van der Waals surface area contributed by atoms with E-state index in [1.807, 2.05) is 53.6 Å². The van der Waals surface area contributed by atoms with Gasteiger partial charge in [-0.05, 0) is 36.6 Å². The van der Waals surface area contributed by atoms with Crippen molar-refractivity contribution < 1.29 is 9.53 Å². The van der Waals surface area contributed by atoms with Crippen molar-refractivity contribution in [2.75, 3.05) is 31.6 Å². The number of thiophene rings is 1. The Balaban J connectivity index is 1.57. The molecule has 1 fully saturated rings. The topological polar surface area (TPSA) is 41.6 Å². The van der Waals surface area contributed by atoms with E-state index in [0.29, 0.717) is 19.7 Å². The second-order valence-electron chi connectivity index (χ2n) is 5.68. The minimum absolute atomic E-state index is 0.0974. The van der Waals surface area contributed by atoms with Crippen LogP contribution >= 0.6 is 11.3 Å². The Morgan fingerprint density at radius 2 is 2.29 bits per heavy atom. The minimum atomic E-state index is 0.0974. The lowest BCUT2D eigenvalue weighted by molar-refractivity contribution is -0.136. The highest BCUT2D eigenvalue weighted by molar-refractivity contribution is 7.10. The molecular formula is C19H20N2O2S.